The number of hydrogen-bond donors (Lipinski definition) is 2. The van der Waals surface area contributed by atoms with Crippen molar-refractivity contribution in [1.82, 2.24) is 5.32 Å². The molecule has 5 heteroatoms. The minimum Gasteiger partial charge on any atom is -0.481 e. The van der Waals surface area contributed by atoms with Crippen LogP contribution in [0.1, 0.15) is 6.42 Å². The third kappa shape index (κ3) is 5.07. The number of carboxylic acids is 1. The van der Waals surface area contributed by atoms with Gasteiger partial charge in [-0.25, -0.2) is 4.99 Å². The minimum atomic E-state index is -0.850. The third-order valence-electron chi connectivity index (χ3n) is 0.984. The average Bonchev–Trinajstić information content (AvgIpc) is 1.98. The molecule has 2 N–H and O–H groups in total. The molecular weight excluding hydrogens is 146 g/mol. The molecule has 0 radical (unpaired) electrons. The van der Waals surface area contributed by atoms with Gasteiger partial charge in [0.25, 0.3) is 0 Å². The first kappa shape index (κ1) is 9.61. The zero-order valence-corrected chi connectivity index (χ0v) is 6.37. The molecule has 0 spiro atoms. The van der Waals surface area contributed by atoms with Crippen LogP contribution in [0.5, 0.6) is 0 Å². The first-order chi connectivity index (χ1) is 5.20. The summed E-state index contributed by atoms with van der Waals surface area (Å²) in [4.78, 5) is 17.2. The maximum Gasteiger partial charge on any atom is 0.305 e. The number of aliphatic imine (C=N–C) groups is 2. The summed E-state index contributed by atoms with van der Waals surface area (Å²) in [5, 5.41) is 10.9. The normalized spacial score (nSPS) is 10.8. The molecule has 5 nitrogen and oxygen atoms in total. The fraction of sp³-hybridized carbons (Fsp3) is 0.500. The highest BCUT2D eigenvalue weighted by Crippen LogP contribution is 1.77. The van der Waals surface area contributed by atoms with Crippen molar-refractivity contribution in [1.29, 1.82) is 0 Å². The van der Waals surface area contributed by atoms with Gasteiger partial charge in [0.2, 0.25) is 5.96 Å². The van der Waals surface area contributed by atoms with Gasteiger partial charge >= 0.3 is 5.97 Å². The maximum atomic E-state index is 10.0. The quantitative estimate of drug-likeness (QED) is 0.437. The molecule has 0 aromatic rings. The summed E-state index contributed by atoms with van der Waals surface area (Å²) in [6, 6.07) is 0. The Morgan fingerprint density at radius 2 is 2.36 bits per heavy atom. The summed E-state index contributed by atoms with van der Waals surface area (Å²) in [6.07, 6.45) is 0.0501. The second kappa shape index (κ2) is 5.40. The molecule has 0 saturated carbocycles. The first-order valence-electron chi connectivity index (χ1n) is 3.10. The summed E-state index contributed by atoms with van der Waals surface area (Å²) in [6.45, 7) is 3.56. The molecule has 0 amide bonds. The standard InChI is InChI=1S/C6H11N3O2/c1-7-6(8-2)9-4-3-5(10)11/h1,3-4H2,2H3,(H,8,9)(H,10,11). The van der Waals surface area contributed by atoms with E-state index < -0.39 is 5.97 Å². The average molecular weight is 157 g/mol. The lowest BCUT2D eigenvalue weighted by atomic mass is 10.4. The van der Waals surface area contributed by atoms with Crippen LogP contribution in [-0.4, -0.2) is 37.3 Å². The van der Waals surface area contributed by atoms with E-state index in [1.54, 1.807) is 7.05 Å². The van der Waals surface area contributed by atoms with E-state index in [0.717, 1.165) is 0 Å². The SMILES string of the molecule is C=N/C(=N\C)NCCC(=O)O. The van der Waals surface area contributed by atoms with Gasteiger partial charge in [-0.2, -0.15) is 0 Å². The number of aliphatic carboxylic acids is 1. The molecule has 0 aromatic heterocycles. The van der Waals surface area contributed by atoms with Gasteiger partial charge in [-0.1, -0.05) is 0 Å². The van der Waals surface area contributed by atoms with E-state index in [1.807, 2.05) is 0 Å². The lowest BCUT2D eigenvalue weighted by Crippen LogP contribution is -2.24. The summed E-state index contributed by atoms with van der Waals surface area (Å²) < 4.78 is 0. The molecule has 0 atom stereocenters. The van der Waals surface area contributed by atoms with Gasteiger partial charge in [-0.05, 0) is 6.72 Å². The predicted octanol–water partition coefficient (Wildman–Crippen LogP) is -0.263. The Labute approximate surface area is 64.9 Å². The molecule has 0 fully saturated rings. The zero-order valence-electron chi connectivity index (χ0n) is 6.37. The van der Waals surface area contributed by atoms with E-state index in [0.29, 0.717) is 12.5 Å². The maximum absolute atomic E-state index is 10.0. The Hall–Kier alpha value is -1.39. The third-order valence-corrected chi connectivity index (χ3v) is 0.984. The largest absolute Gasteiger partial charge is 0.481 e. The number of rotatable bonds is 3. The van der Waals surface area contributed by atoms with Crippen molar-refractivity contribution in [3.63, 3.8) is 0 Å². The van der Waals surface area contributed by atoms with E-state index in [4.69, 9.17) is 5.11 Å². The molecule has 62 valence electrons. The van der Waals surface area contributed by atoms with Crippen molar-refractivity contribution in [3.8, 4) is 0 Å². The number of carbonyl (C=O) groups is 1. The fourth-order valence-electron chi connectivity index (χ4n) is 0.487. The van der Waals surface area contributed by atoms with Gasteiger partial charge in [0.1, 0.15) is 0 Å². The molecule has 0 aliphatic rings. The van der Waals surface area contributed by atoms with Crippen LogP contribution in [0.25, 0.3) is 0 Å². The summed E-state index contributed by atoms with van der Waals surface area (Å²) >= 11 is 0. The Morgan fingerprint density at radius 1 is 1.73 bits per heavy atom. The first-order valence-corrected chi connectivity index (χ1v) is 3.10. The topological polar surface area (TPSA) is 74.0 Å². The van der Waals surface area contributed by atoms with Crippen LogP contribution in [0.15, 0.2) is 9.98 Å². The monoisotopic (exact) mass is 157 g/mol. The zero-order chi connectivity index (χ0) is 8.69. The van der Waals surface area contributed by atoms with Gasteiger partial charge in [0.15, 0.2) is 0 Å². The van der Waals surface area contributed by atoms with Crippen molar-refractivity contribution >= 4 is 18.6 Å². The minimum absolute atomic E-state index is 0.0501. The molecule has 0 saturated heterocycles. The second-order valence-electron chi connectivity index (χ2n) is 1.78. The molecule has 11 heavy (non-hydrogen) atoms. The molecule has 0 bridgehead atoms. The van der Waals surface area contributed by atoms with Crippen LogP contribution in [0.4, 0.5) is 0 Å². The van der Waals surface area contributed by atoms with Crippen molar-refractivity contribution in [2.75, 3.05) is 13.6 Å². The highest BCUT2D eigenvalue weighted by molar-refractivity contribution is 5.84. The molecule has 0 unspecified atom stereocenters. The van der Waals surface area contributed by atoms with Crippen LogP contribution < -0.4 is 5.32 Å². The predicted molar refractivity (Wildman–Crippen MR) is 43.2 cm³/mol. The lowest BCUT2D eigenvalue weighted by molar-refractivity contribution is -0.136. The molecule has 0 heterocycles. The van der Waals surface area contributed by atoms with Crippen LogP contribution in [0.2, 0.25) is 0 Å². The van der Waals surface area contributed by atoms with E-state index in [1.165, 1.54) is 0 Å². The molecule has 0 aliphatic heterocycles. The van der Waals surface area contributed by atoms with Crippen molar-refractivity contribution < 1.29 is 9.90 Å². The van der Waals surface area contributed by atoms with Crippen LogP contribution >= 0.6 is 0 Å². The second-order valence-corrected chi connectivity index (χ2v) is 1.78. The summed E-state index contributed by atoms with van der Waals surface area (Å²) in [5.41, 5.74) is 0. The number of hydrogen-bond acceptors (Lipinski definition) is 2. The van der Waals surface area contributed by atoms with Gasteiger partial charge < -0.3 is 10.4 Å². The van der Waals surface area contributed by atoms with Crippen molar-refractivity contribution in [2.45, 2.75) is 6.42 Å². The van der Waals surface area contributed by atoms with E-state index in [9.17, 15) is 4.79 Å². The Balaban J connectivity index is 3.53. The van der Waals surface area contributed by atoms with Gasteiger partial charge in [0.05, 0.1) is 6.42 Å². The highest BCUT2D eigenvalue weighted by atomic mass is 16.4. The van der Waals surface area contributed by atoms with E-state index in [2.05, 4.69) is 22.0 Å². The molecule has 0 aromatic carbocycles. The smallest absolute Gasteiger partial charge is 0.305 e. The highest BCUT2D eigenvalue weighted by Gasteiger charge is 1.96. The van der Waals surface area contributed by atoms with Crippen LogP contribution in [0.3, 0.4) is 0 Å². The van der Waals surface area contributed by atoms with Crippen LogP contribution in [0, 0.1) is 0 Å². The molecule has 0 rings (SSSR count). The number of nitrogens with one attached hydrogen (secondary N) is 1. The Bertz CT molecular complexity index is 177. The Kier molecular flexibility index (Phi) is 4.72. The molecular formula is C6H11N3O2. The van der Waals surface area contributed by atoms with Gasteiger partial charge in [0, 0.05) is 13.6 Å². The van der Waals surface area contributed by atoms with Gasteiger partial charge in [-0.3, -0.25) is 9.79 Å². The summed E-state index contributed by atoms with van der Waals surface area (Å²) in [5.74, 6) is -0.483. The number of guanidine groups is 1. The van der Waals surface area contributed by atoms with Crippen LogP contribution in [-0.2, 0) is 4.79 Å². The number of nitrogens with zero attached hydrogens (tertiary/aromatic N) is 2. The van der Waals surface area contributed by atoms with Crippen molar-refractivity contribution in [2.24, 2.45) is 9.98 Å². The molecule has 0 aliphatic carbocycles. The lowest BCUT2D eigenvalue weighted by Gasteiger charge is -2.00. The van der Waals surface area contributed by atoms with E-state index >= 15 is 0 Å². The van der Waals surface area contributed by atoms with Gasteiger partial charge in [-0.15, -0.1) is 0 Å². The Morgan fingerprint density at radius 3 is 2.73 bits per heavy atom. The van der Waals surface area contributed by atoms with E-state index in [-0.39, 0.29) is 6.42 Å². The summed E-state index contributed by atoms with van der Waals surface area (Å²) in [7, 11) is 1.55. The fourth-order valence-corrected chi connectivity index (χ4v) is 0.487. The van der Waals surface area contributed by atoms with Crippen molar-refractivity contribution in [3.05, 3.63) is 0 Å². The number of carboxylic acid groups (broad SMARTS) is 1.